The summed E-state index contributed by atoms with van der Waals surface area (Å²) in [5, 5.41) is 8.20. The van der Waals surface area contributed by atoms with Crippen LogP contribution in [0.15, 0.2) is 0 Å². The lowest BCUT2D eigenvalue weighted by Gasteiger charge is -2.14. The molecule has 0 saturated carbocycles. The second kappa shape index (κ2) is 2.49. The summed E-state index contributed by atoms with van der Waals surface area (Å²) in [6.45, 7) is 4.05. The zero-order valence-corrected chi connectivity index (χ0v) is 6.05. The Morgan fingerprint density at radius 3 is 2.70 bits per heavy atom. The highest BCUT2D eigenvalue weighted by atomic mass is 16.7. The van der Waals surface area contributed by atoms with E-state index in [9.17, 15) is 0 Å². The van der Waals surface area contributed by atoms with E-state index in [0.717, 1.165) is 0 Å². The molecule has 0 amide bonds. The minimum atomic E-state index is -0.547. The molecule has 0 bridgehead atoms. The molecule has 0 aromatic carbocycles. The Balaban J connectivity index is 2.48. The van der Waals surface area contributed by atoms with E-state index in [2.05, 4.69) is 5.92 Å². The number of hydrogen-bond donors (Lipinski definition) is 1. The largest absolute Gasteiger partial charge is 0.462 e. The van der Waals surface area contributed by atoms with Gasteiger partial charge in [0.25, 0.3) is 0 Å². The van der Waals surface area contributed by atoms with E-state index in [-0.39, 0.29) is 6.10 Å². The first-order chi connectivity index (χ1) is 4.64. The average molecular weight is 142 g/mol. The van der Waals surface area contributed by atoms with Crippen LogP contribution in [0.25, 0.3) is 0 Å². The third kappa shape index (κ3) is 1.63. The minimum absolute atomic E-state index is 0.278. The third-order valence-corrected chi connectivity index (χ3v) is 1.23. The van der Waals surface area contributed by atoms with Crippen LogP contribution in [0.1, 0.15) is 13.8 Å². The molecule has 56 valence electrons. The molecule has 0 spiro atoms. The van der Waals surface area contributed by atoms with E-state index in [1.807, 2.05) is 13.8 Å². The predicted molar refractivity (Wildman–Crippen MR) is 34.6 cm³/mol. The molecule has 1 unspecified atom stereocenters. The van der Waals surface area contributed by atoms with Gasteiger partial charge in [0.2, 0.25) is 0 Å². The Labute approximate surface area is 59.9 Å². The van der Waals surface area contributed by atoms with Crippen molar-refractivity contribution in [3.63, 3.8) is 0 Å². The highest BCUT2D eigenvalue weighted by molar-refractivity contribution is 5.01. The fourth-order valence-electron chi connectivity index (χ4n) is 0.830. The Morgan fingerprint density at radius 1 is 1.60 bits per heavy atom. The molecule has 1 heterocycles. The van der Waals surface area contributed by atoms with Crippen LogP contribution in [0.5, 0.6) is 0 Å². The van der Waals surface area contributed by atoms with Crippen molar-refractivity contribution in [1.29, 1.82) is 0 Å². The third-order valence-electron chi connectivity index (χ3n) is 1.23. The van der Waals surface area contributed by atoms with Crippen molar-refractivity contribution >= 4 is 0 Å². The summed E-state index contributed by atoms with van der Waals surface area (Å²) in [4.78, 5) is 0. The highest BCUT2D eigenvalue weighted by Gasteiger charge is 2.31. The summed E-state index contributed by atoms with van der Waals surface area (Å²) in [6.07, 6.45) is 1.51. The Kier molecular flexibility index (Phi) is 1.84. The lowest BCUT2D eigenvalue weighted by Crippen LogP contribution is -2.20. The summed E-state index contributed by atoms with van der Waals surface area (Å²) in [5.41, 5.74) is 0. The number of aliphatic hydroxyl groups excluding tert-OH is 1. The van der Waals surface area contributed by atoms with Gasteiger partial charge in [-0.15, -0.1) is 0 Å². The van der Waals surface area contributed by atoms with Crippen LogP contribution in [0, 0.1) is 12.0 Å². The van der Waals surface area contributed by atoms with Crippen LogP contribution in [0.2, 0.25) is 0 Å². The second-order valence-electron chi connectivity index (χ2n) is 2.57. The zero-order valence-electron chi connectivity index (χ0n) is 6.05. The van der Waals surface area contributed by atoms with Crippen LogP contribution < -0.4 is 0 Å². The molecule has 1 rings (SSSR count). The monoisotopic (exact) mass is 142 g/mol. The number of aliphatic hydroxyl groups is 1. The van der Waals surface area contributed by atoms with Gasteiger partial charge >= 0.3 is 0 Å². The molecule has 0 aliphatic carbocycles. The van der Waals surface area contributed by atoms with Gasteiger partial charge in [0.15, 0.2) is 5.79 Å². The van der Waals surface area contributed by atoms with Gasteiger partial charge in [-0.05, 0) is 19.8 Å². The van der Waals surface area contributed by atoms with Crippen molar-refractivity contribution in [1.82, 2.24) is 0 Å². The molecule has 3 nitrogen and oxygen atoms in total. The minimum Gasteiger partial charge on any atom is -0.462 e. The average Bonchev–Trinajstić information content (AvgIpc) is 2.12. The van der Waals surface area contributed by atoms with Crippen LogP contribution in [-0.2, 0) is 9.47 Å². The van der Waals surface area contributed by atoms with Gasteiger partial charge < -0.3 is 14.6 Å². The second-order valence-corrected chi connectivity index (χ2v) is 2.57. The SMILES string of the molecule is CC1(C)OCC(C#CO)O1. The molecule has 1 N–H and O–H groups in total. The molecule has 1 fully saturated rings. The van der Waals surface area contributed by atoms with Gasteiger partial charge in [-0.25, -0.2) is 0 Å². The maximum atomic E-state index is 8.20. The van der Waals surface area contributed by atoms with Gasteiger partial charge in [-0.1, -0.05) is 0 Å². The van der Waals surface area contributed by atoms with Gasteiger partial charge in [0.05, 0.1) is 6.61 Å². The maximum absolute atomic E-state index is 8.20. The van der Waals surface area contributed by atoms with Crippen LogP contribution in [0.3, 0.4) is 0 Å². The summed E-state index contributed by atoms with van der Waals surface area (Å²) < 4.78 is 10.4. The van der Waals surface area contributed by atoms with E-state index in [1.54, 1.807) is 6.11 Å². The van der Waals surface area contributed by atoms with Gasteiger partial charge in [-0.2, -0.15) is 0 Å². The Morgan fingerprint density at radius 2 is 2.30 bits per heavy atom. The molecular formula is C7H10O3. The summed E-state index contributed by atoms with van der Waals surface area (Å²) in [5.74, 6) is 1.91. The molecular weight excluding hydrogens is 132 g/mol. The fourth-order valence-corrected chi connectivity index (χ4v) is 0.830. The van der Waals surface area contributed by atoms with Crippen molar-refractivity contribution in [3.05, 3.63) is 0 Å². The van der Waals surface area contributed by atoms with E-state index in [1.165, 1.54) is 0 Å². The van der Waals surface area contributed by atoms with Gasteiger partial charge in [0, 0.05) is 0 Å². The molecule has 1 aliphatic rings. The highest BCUT2D eigenvalue weighted by Crippen LogP contribution is 2.21. The summed E-state index contributed by atoms with van der Waals surface area (Å²) in [6, 6.07) is 0. The predicted octanol–water partition coefficient (Wildman–Crippen LogP) is 0.471. The summed E-state index contributed by atoms with van der Waals surface area (Å²) >= 11 is 0. The molecule has 1 saturated heterocycles. The number of rotatable bonds is 0. The van der Waals surface area contributed by atoms with Crippen LogP contribution in [0.4, 0.5) is 0 Å². The van der Waals surface area contributed by atoms with E-state index < -0.39 is 5.79 Å². The normalized spacial score (nSPS) is 29.2. The lowest BCUT2D eigenvalue weighted by atomic mass is 10.4. The molecule has 0 aromatic rings. The lowest BCUT2D eigenvalue weighted by molar-refractivity contribution is -0.132. The fraction of sp³-hybridized carbons (Fsp3) is 0.714. The smallest absolute Gasteiger partial charge is 0.164 e. The van der Waals surface area contributed by atoms with Crippen molar-refractivity contribution in [3.8, 4) is 12.0 Å². The number of hydrogen-bond acceptors (Lipinski definition) is 3. The quantitative estimate of drug-likeness (QED) is 0.500. The van der Waals surface area contributed by atoms with Crippen molar-refractivity contribution < 1.29 is 14.6 Å². The zero-order chi connectivity index (χ0) is 7.61. The standard InChI is InChI=1S/C7H10O3/c1-7(2)9-5-6(10-7)3-4-8/h6,8H,5H2,1-2H3. The molecule has 0 radical (unpaired) electrons. The van der Waals surface area contributed by atoms with Gasteiger partial charge in [0.1, 0.15) is 12.2 Å². The molecule has 0 aromatic heterocycles. The molecule has 3 heteroatoms. The maximum Gasteiger partial charge on any atom is 0.164 e. The van der Waals surface area contributed by atoms with Crippen LogP contribution >= 0.6 is 0 Å². The first kappa shape index (κ1) is 7.39. The molecule has 1 atom stereocenters. The Hall–Kier alpha value is -0.720. The van der Waals surface area contributed by atoms with Crippen molar-refractivity contribution in [2.75, 3.05) is 6.61 Å². The van der Waals surface area contributed by atoms with Crippen molar-refractivity contribution in [2.24, 2.45) is 0 Å². The first-order valence-electron chi connectivity index (χ1n) is 3.10. The van der Waals surface area contributed by atoms with Crippen LogP contribution in [-0.4, -0.2) is 23.6 Å². The first-order valence-corrected chi connectivity index (χ1v) is 3.10. The van der Waals surface area contributed by atoms with Gasteiger partial charge in [-0.3, -0.25) is 0 Å². The van der Waals surface area contributed by atoms with E-state index in [4.69, 9.17) is 14.6 Å². The Bertz CT molecular complexity index is 175. The van der Waals surface area contributed by atoms with Crippen molar-refractivity contribution in [2.45, 2.75) is 25.7 Å². The molecule has 1 aliphatic heterocycles. The number of ether oxygens (including phenoxy) is 2. The summed E-state index contributed by atoms with van der Waals surface area (Å²) in [7, 11) is 0. The van der Waals surface area contributed by atoms with E-state index in [0.29, 0.717) is 6.61 Å². The molecule has 10 heavy (non-hydrogen) atoms. The van der Waals surface area contributed by atoms with E-state index >= 15 is 0 Å². The topological polar surface area (TPSA) is 38.7 Å².